The summed E-state index contributed by atoms with van der Waals surface area (Å²) in [5.74, 6) is -0.306. The molecule has 0 fully saturated rings. The van der Waals surface area contributed by atoms with Crippen molar-refractivity contribution in [1.82, 2.24) is 5.32 Å². The van der Waals surface area contributed by atoms with Crippen LogP contribution in [0, 0.1) is 20.8 Å². The van der Waals surface area contributed by atoms with Crippen LogP contribution in [0.1, 0.15) is 52.0 Å². The molecule has 0 unspecified atom stereocenters. The van der Waals surface area contributed by atoms with Crippen molar-refractivity contribution >= 4 is 21.6 Å². The van der Waals surface area contributed by atoms with Crippen LogP contribution in [0.15, 0.2) is 71.6 Å². The molecule has 3 aromatic carbocycles. The highest BCUT2D eigenvalue weighted by Gasteiger charge is 2.21. The van der Waals surface area contributed by atoms with E-state index in [0.29, 0.717) is 16.8 Å². The van der Waals surface area contributed by atoms with Gasteiger partial charge in [0.1, 0.15) is 0 Å². The molecule has 0 spiro atoms. The van der Waals surface area contributed by atoms with Gasteiger partial charge in [0.25, 0.3) is 15.9 Å². The zero-order chi connectivity index (χ0) is 22.6. The third-order valence-corrected chi connectivity index (χ3v) is 6.73. The van der Waals surface area contributed by atoms with Gasteiger partial charge in [0, 0.05) is 11.3 Å². The maximum Gasteiger partial charge on any atom is 0.262 e. The number of hydrogen-bond acceptors (Lipinski definition) is 3. The van der Waals surface area contributed by atoms with Gasteiger partial charge in [-0.15, -0.1) is 0 Å². The van der Waals surface area contributed by atoms with Crippen molar-refractivity contribution in [3.8, 4) is 0 Å². The number of anilines is 1. The summed E-state index contributed by atoms with van der Waals surface area (Å²) in [5.41, 5.74) is 4.48. The number of aryl methyl sites for hydroxylation is 3. The molecular weight excluding hydrogens is 408 g/mol. The average molecular weight is 437 g/mol. The van der Waals surface area contributed by atoms with Crippen molar-refractivity contribution in [1.29, 1.82) is 0 Å². The van der Waals surface area contributed by atoms with E-state index < -0.39 is 10.0 Å². The Morgan fingerprint density at radius 3 is 2.26 bits per heavy atom. The van der Waals surface area contributed by atoms with E-state index in [9.17, 15) is 13.2 Å². The highest BCUT2D eigenvalue weighted by molar-refractivity contribution is 7.92. The molecule has 0 aliphatic rings. The minimum absolute atomic E-state index is 0.0880. The molecular formula is C25H28N2O3S. The van der Waals surface area contributed by atoms with Gasteiger partial charge in [0.2, 0.25) is 0 Å². The van der Waals surface area contributed by atoms with Crippen molar-refractivity contribution < 1.29 is 13.2 Å². The van der Waals surface area contributed by atoms with E-state index in [1.165, 1.54) is 6.07 Å². The summed E-state index contributed by atoms with van der Waals surface area (Å²) < 4.78 is 28.6. The minimum atomic E-state index is -3.84. The van der Waals surface area contributed by atoms with E-state index in [1.54, 1.807) is 37.3 Å². The van der Waals surface area contributed by atoms with Crippen LogP contribution in [0.2, 0.25) is 0 Å². The van der Waals surface area contributed by atoms with Crippen LogP contribution in [-0.4, -0.2) is 14.3 Å². The van der Waals surface area contributed by atoms with Crippen molar-refractivity contribution in [2.45, 2.75) is 45.1 Å². The first-order valence-electron chi connectivity index (χ1n) is 10.3. The molecule has 0 saturated carbocycles. The smallest absolute Gasteiger partial charge is 0.262 e. The lowest BCUT2D eigenvalue weighted by Crippen LogP contribution is -2.28. The molecule has 1 amide bonds. The van der Waals surface area contributed by atoms with Crippen LogP contribution in [0.4, 0.5) is 5.69 Å². The predicted octanol–water partition coefficient (Wildman–Crippen LogP) is 5.29. The van der Waals surface area contributed by atoms with Crippen LogP contribution in [0.3, 0.4) is 0 Å². The van der Waals surface area contributed by atoms with Gasteiger partial charge >= 0.3 is 0 Å². The number of carbonyl (C=O) groups excluding carboxylic acids is 1. The number of nitrogens with one attached hydrogen (secondary N) is 2. The lowest BCUT2D eigenvalue weighted by Gasteiger charge is -2.18. The normalized spacial score (nSPS) is 12.3. The predicted molar refractivity (Wildman–Crippen MR) is 125 cm³/mol. The number of rotatable bonds is 7. The largest absolute Gasteiger partial charge is 0.345 e. The minimum Gasteiger partial charge on any atom is -0.345 e. The van der Waals surface area contributed by atoms with Gasteiger partial charge in [0.15, 0.2) is 0 Å². The van der Waals surface area contributed by atoms with Gasteiger partial charge in [-0.2, -0.15) is 0 Å². The molecule has 0 radical (unpaired) electrons. The van der Waals surface area contributed by atoms with Gasteiger partial charge in [-0.1, -0.05) is 55.0 Å². The summed E-state index contributed by atoms with van der Waals surface area (Å²) in [7, 11) is -3.84. The highest BCUT2D eigenvalue weighted by atomic mass is 32.2. The van der Waals surface area contributed by atoms with Crippen LogP contribution in [0.25, 0.3) is 0 Å². The maximum atomic E-state index is 13.0. The lowest BCUT2D eigenvalue weighted by molar-refractivity contribution is 0.0935. The molecule has 0 heterocycles. The summed E-state index contributed by atoms with van der Waals surface area (Å²) in [6.45, 7) is 7.63. The Labute approximate surface area is 184 Å². The molecule has 5 nitrogen and oxygen atoms in total. The molecule has 162 valence electrons. The molecule has 3 aromatic rings. The highest BCUT2D eigenvalue weighted by Crippen LogP contribution is 2.23. The van der Waals surface area contributed by atoms with Crippen LogP contribution < -0.4 is 10.0 Å². The molecule has 0 aliphatic carbocycles. The molecule has 31 heavy (non-hydrogen) atoms. The van der Waals surface area contributed by atoms with Crippen LogP contribution in [0.5, 0.6) is 0 Å². The Balaban J connectivity index is 1.85. The number of hydrogen-bond donors (Lipinski definition) is 2. The zero-order valence-corrected chi connectivity index (χ0v) is 19.1. The molecule has 2 N–H and O–H groups in total. The summed E-state index contributed by atoms with van der Waals surface area (Å²) in [6.07, 6.45) is 0.723. The summed E-state index contributed by atoms with van der Waals surface area (Å²) in [4.78, 5) is 13.0. The van der Waals surface area contributed by atoms with Crippen LogP contribution in [-0.2, 0) is 10.0 Å². The van der Waals surface area contributed by atoms with Gasteiger partial charge in [-0.3, -0.25) is 9.52 Å². The SMILES string of the molecule is CC[C@@H](NC(=O)c1ccc(C)c(S(=O)(=O)Nc2cccc(C)c2)c1)c1ccc(C)cc1. The van der Waals surface area contributed by atoms with Crippen molar-refractivity contribution in [3.05, 3.63) is 94.5 Å². The first kappa shape index (κ1) is 22.6. The van der Waals surface area contributed by atoms with E-state index >= 15 is 0 Å². The van der Waals surface area contributed by atoms with Crippen molar-refractivity contribution in [3.63, 3.8) is 0 Å². The Kier molecular flexibility index (Phi) is 6.81. The number of amides is 1. The molecule has 3 rings (SSSR count). The quantitative estimate of drug-likeness (QED) is 0.528. The molecule has 0 saturated heterocycles. The fourth-order valence-electron chi connectivity index (χ4n) is 3.41. The maximum absolute atomic E-state index is 13.0. The second-order valence-electron chi connectivity index (χ2n) is 7.80. The average Bonchev–Trinajstić information content (AvgIpc) is 2.72. The van der Waals surface area contributed by atoms with E-state index in [1.807, 2.05) is 51.1 Å². The Morgan fingerprint density at radius 2 is 1.61 bits per heavy atom. The Hall–Kier alpha value is -3.12. The Bertz CT molecular complexity index is 1190. The summed E-state index contributed by atoms with van der Waals surface area (Å²) in [6, 6.07) is 19.8. The second-order valence-corrected chi connectivity index (χ2v) is 9.45. The van der Waals surface area contributed by atoms with E-state index in [0.717, 1.165) is 23.1 Å². The summed E-state index contributed by atoms with van der Waals surface area (Å²) >= 11 is 0. The lowest BCUT2D eigenvalue weighted by atomic mass is 10.0. The molecule has 0 aliphatic heterocycles. The van der Waals surface area contributed by atoms with Crippen LogP contribution >= 0.6 is 0 Å². The molecule has 1 atom stereocenters. The second kappa shape index (κ2) is 9.35. The first-order valence-corrected chi connectivity index (χ1v) is 11.8. The first-order chi connectivity index (χ1) is 14.7. The number of carbonyl (C=O) groups is 1. The molecule has 6 heteroatoms. The molecule has 0 aromatic heterocycles. The topological polar surface area (TPSA) is 75.3 Å². The molecule has 0 bridgehead atoms. The van der Waals surface area contributed by atoms with Crippen molar-refractivity contribution in [2.24, 2.45) is 0 Å². The third-order valence-electron chi connectivity index (χ3n) is 5.20. The summed E-state index contributed by atoms with van der Waals surface area (Å²) in [5, 5.41) is 3.02. The van der Waals surface area contributed by atoms with Crippen molar-refractivity contribution in [2.75, 3.05) is 4.72 Å². The third kappa shape index (κ3) is 5.52. The Morgan fingerprint density at radius 1 is 0.903 bits per heavy atom. The van der Waals surface area contributed by atoms with Gasteiger partial charge < -0.3 is 5.32 Å². The van der Waals surface area contributed by atoms with E-state index in [2.05, 4.69) is 10.0 Å². The monoisotopic (exact) mass is 436 g/mol. The van der Waals surface area contributed by atoms with Gasteiger partial charge in [-0.05, 0) is 68.1 Å². The standard InChI is InChI=1S/C25H28N2O3S/c1-5-23(20-12-9-17(2)10-13-20)26-25(28)21-14-11-19(4)24(16-21)31(29,30)27-22-8-6-7-18(3)15-22/h6-16,23,27H,5H2,1-4H3,(H,26,28)/t23-/m1/s1. The number of benzene rings is 3. The van der Waals surface area contributed by atoms with E-state index in [-0.39, 0.29) is 16.8 Å². The van der Waals surface area contributed by atoms with Gasteiger partial charge in [0.05, 0.1) is 10.9 Å². The fourth-order valence-corrected chi connectivity index (χ4v) is 4.73. The van der Waals surface area contributed by atoms with E-state index in [4.69, 9.17) is 0 Å². The fraction of sp³-hybridized carbons (Fsp3) is 0.240. The zero-order valence-electron chi connectivity index (χ0n) is 18.3. The number of sulfonamides is 1. The van der Waals surface area contributed by atoms with Gasteiger partial charge in [-0.25, -0.2) is 8.42 Å².